The number of halogens is 5. The van der Waals surface area contributed by atoms with Gasteiger partial charge in [-0.25, -0.2) is 0 Å². The SMILES string of the molecule is F[B-](F)(F)F.[Cl][Ru+3].[NH-][C@H](c1ccccc1)[C@H]([NH-])c1ccccc1.c1ccc([PH+](c2ccccc2)c2cc3ccc2CCc2ccc(c([PH+](c4ccccc4)c4ccccc4)c2)CC3)cc1. The molecular formula is C54H50BClF4N2P2Ru+2. The van der Waals surface area contributed by atoms with Gasteiger partial charge in [0.25, 0.3) is 0 Å². The van der Waals surface area contributed by atoms with Crippen molar-refractivity contribution in [3.8, 4) is 0 Å². The van der Waals surface area contributed by atoms with Crippen molar-refractivity contribution in [2.45, 2.75) is 37.8 Å². The Morgan fingerprint density at radius 1 is 0.385 bits per heavy atom. The molecule has 330 valence electrons. The quantitative estimate of drug-likeness (QED) is 0.0786. The van der Waals surface area contributed by atoms with Crippen LogP contribution in [-0.2, 0) is 43.0 Å². The molecule has 0 saturated carbocycles. The van der Waals surface area contributed by atoms with Gasteiger partial charge in [0.15, 0.2) is 0 Å². The first kappa shape index (κ1) is 49.7. The van der Waals surface area contributed by atoms with Gasteiger partial charge in [-0.2, -0.15) is 0 Å². The minimum atomic E-state index is -6.00. The summed E-state index contributed by atoms with van der Waals surface area (Å²) in [5.41, 5.74) is 23.8. The molecule has 4 aliphatic carbocycles. The molecule has 2 nitrogen and oxygen atoms in total. The summed E-state index contributed by atoms with van der Waals surface area (Å²) in [4.78, 5) is 0. The molecule has 0 amide bonds. The van der Waals surface area contributed by atoms with Crippen LogP contribution in [-0.4, -0.2) is 7.25 Å². The zero-order chi connectivity index (χ0) is 46.0. The van der Waals surface area contributed by atoms with E-state index in [1.54, 1.807) is 10.6 Å². The molecule has 8 aromatic carbocycles. The van der Waals surface area contributed by atoms with E-state index in [1.165, 1.54) is 43.5 Å². The van der Waals surface area contributed by atoms with Gasteiger partial charge >= 0.3 is 34.3 Å². The van der Waals surface area contributed by atoms with Crippen molar-refractivity contribution in [2.24, 2.45) is 0 Å². The van der Waals surface area contributed by atoms with Crippen molar-refractivity contribution in [1.82, 2.24) is 0 Å². The normalized spacial score (nSPS) is 12.8. The van der Waals surface area contributed by atoms with E-state index >= 15 is 0 Å². The van der Waals surface area contributed by atoms with Crippen molar-refractivity contribution in [2.75, 3.05) is 0 Å². The van der Waals surface area contributed by atoms with E-state index in [-0.39, 0.29) is 0 Å². The Bertz CT molecular complexity index is 2360. The van der Waals surface area contributed by atoms with Crippen LogP contribution in [0.3, 0.4) is 0 Å². The molecule has 12 rings (SSSR count). The summed E-state index contributed by atoms with van der Waals surface area (Å²) in [6.45, 7) is 0. The third-order valence-corrected chi connectivity index (χ3v) is 16.8. The van der Waals surface area contributed by atoms with Gasteiger partial charge in [-0.05, 0) is 109 Å². The summed E-state index contributed by atoms with van der Waals surface area (Å²) in [6, 6.07) is 77.7. The molecule has 2 N–H and O–H groups in total. The van der Waals surface area contributed by atoms with Gasteiger partial charge < -0.3 is 28.7 Å². The maximum atomic E-state index is 9.75. The van der Waals surface area contributed by atoms with E-state index in [4.69, 9.17) is 11.5 Å². The van der Waals surface area contributed by atoms with E-state index in [9.17, 15) is 17.3 Å². The maximum absolute atomic E-state index is 9.75. The Kier molecular flexibility index (Phi) is 19.3. The maximum Gasteiger partial charge on any atom is 0.105 e. The largest absolute Gasteiger partial charge is 0.672 e. The van der Waals surface area contributed by atoms with E-state index in [0.29, 0.717) is 0 Å². The molecule has 65 heavy (non-hydrogen) atoms. The summed E-state index contributed by atoms with van der Waals surface area (Å²) in [6.07, 6.45) is 4.22. The Labute approximate surface area is 397 Å². The molecule has 0 saturated heterocycles. The number of nitrogens with one attached hydrogen (secondary N) is 2. The minimum Gasteiger partial charge on any atom is -0.672 e. The van der Waals surface area contributed by atoms with Crippen LogP contribution in [0.15, 0.2) is 218 Å². The average Bonchev–Trinajstić information content (AvgIpc) is 3.34. The third-order valence-electron chi connectivity index (χ3n) is 11.2. The second-order valence-corrected chi connectivity index (χ2v) is 20.4. The van der Waals surface area contributed by atoms with Crippen LogP contribution in [0.25, 0.3) is 11.5 Å². The molecule has 2 atom stereocenters. The first-order chi connectivity index (χ1) is 31.6. The van der Waals surface area contributed by atoms with Crippen molar-refractivity contribution < 1.29 is 34.6 Å². The van der Waals surface area contributed by atoms with Crippen LogP contribution in [0.1, 0.15) is 45.5 Å². The predicted octanol–water partition coefficient (Wildman–Crippen LogP) is 13.1. The fourth-order valence-corrected chi connectivity index (χ4v) is 13.8. The molecular weight excluding hydrogens is 962 g/mol. The zero-order valence-electron chi connectivity index (χ0n) is 35.6. The van der Waals surface area contributed by atoms with Gasteiger partial charge in [-0.1, -0.05) is 169 Å². The van der Waals surface area contributed by atoms with Crippen LogP contribution in [0.2, 0.25) is 0 Å². The smallest absolute Gasteiger partial charge is 0.105 e. The summed E-state index contributed by atoms with van der Waals surface area (Å²) in [7, 11) is -3.67. The summed E-state index contributed by atoms with van der Waals surface area (Å²) >= 11 is 1.82. The molecule has 0 heterocycles. The van der Waals surface area contributed by atoms with Crippen LogP contribution < -0.4 is 31.8 Å². The number of aryl methyl sites for hydroxylation is 4. The number of benzene rings is 8. The zero-order valence-corrected chi connectivity index (χ0v) is 40.1. The molecule has 11 heteroatoms. The molecule has 8 aromatic rings. The van der Waals surface area contributed by atoms with Crippen LogP contribution >= 0.6 is 25.5 Å². The molecule has 0 radical (unpaired) electrons. The third kappa shape index (κ3) is 14.6. The molecule has 0 unspecified atom stereocenters. The van der Waals surface area contributed by atoms with Crippen LogP contribution in [0, 0.1) is 0 Å². The Balaban J connectivity index is 0.000000252. The summed E-state index contributed by atoms with van der Waals surface area (Å²) in [5.74, 6) is 0. The van der Waals surface area contributed by atoms with E-state index in [2.05, 4.69) is 167 Å². The summed E-state index contributed by atoms with van der Waals surface area (Å²) < 4.78 is 39.0. The second-order valence-electron chi connectivity index (χ2n) is 15.5. The van der Waals surface area contributed by atoms with E-state index in [1.807, 2.05) is 78.0 Å². The fraction of sp³-hybridized carbons (Fsp3) is 0.111. The number of hydrogen-bond acceptors (Lipinski definition) is 0. The van der Waals surface area contributed by atoms with Crippen LogP contribution in [0.4, 0.5) is 17.3 Å². The first-order valence-corrected chi connectivity index (χ1v) is 26.6. The van der Waals surface area contributed by atoms with Crippen LogP contribution in [0.5, 0.6) is 0 Å². The van der Waals surface area contributed by atoms with Gasteiger partial charge in [-0.15, -0.1) is 12.1 Å². The molecule has 4 bridgehead atoms. The Morgan fingerprint density at radius 2 is 0.631 bits per heavy atom. The summed E-state index contributed by atoms with van der Waals surface area (Å²) in [5, 5.41) is 8.96. The van der Waals surface area contributed by atoms with Crippen molar-refractivity contribution in [1.29, 1.82) is 0 Å². The van der Waals surface area contributed by atoms with Gasteiger partial charge in [0.05, 0.1) is 15.8 Å². The van der Waals surface area contributed by atoms with Crippen molar-refractivity contribution in [3.63, 3.8) is 0 Å². The minimum absolute atomic E-state index is 0.524. The molecule has 0 spiro atoms. The first-order valence-electron chi connectivity index (χ1n) is 21.3. The van der Waals surface area contributed by atoms with Gasteiger partial charge in [0, 0.05) is 0 Å². The molecule has 0 aromatic heterocycles. The molecule has 4 aliphatic rings. The van der Waals surface area contributed by atoms with E-state index in [0.717, 1.165) is 36.8 Å². The topological polar surface area (TPSA) is 47.6 Å². The number of hydrogen-bond donors (Lipinski definition) is 0. The van der Waals surface area contributed by atoms with Gasteiger partial charge in [0.1, 0.15) is 31.8 Å². The van der Waals surface area contributed by atoms with E-state index < -0.39 is 35.2 Å². The Morgan fingerprint density at radius 3 is 0.892 bits per heavy atom. The predicted molar refractivity (Wildman–Crippen MR) is 271 cm³/mol. The van der Waals surface area contributed by atoms with Gasteiger partial charge in [-0.3, -0.25) is 0 Å². The monoisotopic (exact) mass is 1010 g/mol. The van der Waals surface area contributed by atoms with Crippen molar-refractivity contribution >= 4 is 64.6 Å². The standard InChI is InChI=1S/C40H34P2.C14H14N2.BF4.ClH.Ru/c1-5-13-35(14-6-1)41(36-15-7-2-8-16-36)39-29-31-21-25-33(39)27-23-32-22-26-34(28-24-31)40(30-32)42(37-17-9-3-10-18-37)38-19-11-4-12-20-38;15-13(11-7-3-1-4-8-11)14(16)12-9-5-2-6-10-12;2-1(3,4)5;;/h1-22,25-26,29-30H,23-24,27-28H2;1-10,13-16H;;1H;/q;-2;-1;;+4/p+1/t;13-,14-;;;/m.1.../s1. The fourth-order valence-electron chi connectivity index (χ4n) is 8.10. The second kappa shape index (κ2) is 25.2. The molecule has 0 aliphatic heterocycles. The van der Waals surface area contributed by atoms with Gasteiger partial charge in [0.2, 0.25) is 0 Å². The number of rotatable bonds is 9. The molecule has 0 fully saturated rings. The van der Waals surface area contributed by atoms with Crippen molar-refractivity contribution in [3.05, 3.63) is 263 Å². The average molecular weight is 1010 g/mol. The Hall–Kier alpha value is -4.76.